The van der Waals surface area contributed by atoms with Gasteiger partial charge in [0.15, 0.2) is 9.84 Å². The van der Waals surface area contributed by atoms with Crippen LogP contribution in [0.5, 0.6) is 0 Å². The molecule has 0 radical (unpaired) electrons. The zero-order chi connectivity index (χ0) is 19.2. The van der Waals surface area contributed by atoms with Gasteiger partial charge in [0.05, 0.1) is 10.6 Å². The Hall–Kier alpha value is -1.89. The summed E-state index contributed by atoms with van der Waals surface area (Å²) in [6, 6.07) is 15.0. The highest BCUT2D eigenvalue weighted by Crippen LogP contribution is 2.17. The van der Waals surface area contributed by atoms with E-state index in [0.29, 0.717) is 18.0 Å². The Labute approximate surface area is 167 Å². The number of halogens is 1. The van der Waals surface area contributed by atoms with Crippen molar-refractivity contribution in [1.29, 1.82) is 0 Å². The molecule has 2 aromatic rings. The molecule has 7 heteroatoms. The first-order valence-corrected chi connectivity index (χ1v) is 10.3. The molecule has 148 valence electrons. The minimum atomic E-state index is -3.45. The number of hydrogen-bond donors (Lipinski definition) is 2. The number of amides is 1. The van der Waals surface area contributed by atoms with Crippen LogP contribution in [0.25, 0.3) is 0 Å². The topological polar surface area (TPSA) is 89.3 Å². The molecule has 2 aromatic carbocycles. The van der Waals surface area contributed by atoms with Crippen molar-refractivity contribution in [1.82, 2.24) is 5.32 Å². The lowest BCUT2D eigenvalue weighted by atomic mass is 10.0. The Morgan fingerprint density at radius 2 is 1.63 bits per heavy atom. The average Bonchev–Trinajstić information content (AvgIpc) is 2.61. The summed E-state index contributed by atoms with van der Waals surface area (Å²) in [7, 11) is -3.45. The molecule has 2 rings (SSSR count). The molecule has 0 aliphatic rings. The second-order valence-electron chi connectivity index (χ2n) is 6.80. The smallest absolute Gasteiger partial charge is 0.251 e. The van der Waals surface area contributed by atoms with Crippen molar-refractivity contribution in [2.45, 2.75) is 37.0 Å². The molecule has 27 heavy (non-hydrogen) atoms. The van der Waals surface area contributed by atoms with Gasteiger partial charge < -0.3 is 11.1 Å². The van der Waals surface area contributed by atoms with Gasteiger partial charge in [0, 0.05) is 18.2 Å². The van der Waals surface area contributed by atoms with E-state index in [9.17, 15) is 13.2 Å². The van der Waals surface area contributed by atoms with Crippen LogP contribution in [-0.4, -0.2) is 26.9 Å². The van der Waals surface area contributed by atoms with Gasteiger partial charge in [0.1, 0.15) is 0 Å². The van der Waals surface area contributed by atoms with Crippen LogP contribution in [-0.2, 0) is 15.6 Å². The molecule has 0 saturated carbocycles. The normalized spacial score (nSPS) is 12.3. The minimum Gasteiger partial charge on any atom is -0.348 e. The van der Waals surface area contributed by atoms with Gasteiger partial charge in [-0.3, -0.25) is 4.79 Å². The molecule has 0 aliphatic heterocycles. The lowest BCUT2D eigenvalue weighted by Crippen LogP contribution is -2.41. The summed E-state index contributed by atoms with van der Waals surface area (Å²) in [6.07, 6.45) is 0.797. The van der Waals surface area contributed by atoms with Crippen molar-refractivity contribution in [3.8, 4) is 0 Å². The first-order chi connectivity index (χ1) is 12.3. The SMILES string of the molecule is CC(C)CC(CN)NC(=O)c1ccc(S(=O)(=O)Cc2ccccc2)cc1.Cl. The Balaban J connectivity index is 0.00000364. The third-order valence-corrected chi connectivity index (χ3v) is 5.75. The van der Waals surface area contributed by atoms with E-state index >= 15 is 0 Å². The highest BCUT2D eigenvalue weighted by atomic mass is 35.5. The molecule has 0 heterocycles. The second-order valence-corrected chi connectivity index (χ2v) is 8.79. The fourth-order valence-electron chi connectivity index (χ4n) is 2.74. The number of carbonyl (C=O) groups excluding carboxylic acids is 1. The zero-order valence-corrected chi connectivity index (χ0v) is 17.2. The Kier molecular flexibility index (Phi) is 8.96. The fraction of sp³-hybridized carbons (Fsp3) is 0.350. The summed E-state index contributed by atoms with van der Waals surface area (Å²) >= 11 is 0. The van der Waals surface area contributed by atoms with Crippen LogP contribution in [0.2, 0.25) is 0 Å². The van der Waals surface area contributed by atoms with E-state index in [-0.39, 0.29) is 35.0 Å². The lowest BCUT2D eigenvalue weighted by molar-refractivity contribution is 0.0933. The van der Waals surface area contributed by atoms with E-state index in [0.717, 1.165) is 12.0 Å². The average molecular weight is 411 g/mol. The van der Waals surface area contributed by atoms with Crippen molar-refractivity contribution in [3.05, 3.63) is 65.7 Å². The number of nitrogens with one attached hydrogen (secondary N) is 1. The molecule has 1 unspecified atom stereocenters. The summed E-state index contributed by atoms with van der Waals surface area (Å²) < 4.78 is 25.0. The van der Waals surface area contributed by atoms with E-state index in [1.54, 1.807) is 12.1 Å². The summed E-state index contributed by atoms with van der Waals surface area (Å²) in [5.41, 5.74) is 6.86. The number of carbonyl (C=O) groups is 1. The number of nitrogens with two attached hydrogens (primary N) is 1. The molecule has 0 spiro atoms. The van der Waals surface area contributed by atoms with Gasteiger partial charge in [0.25, 0.3) is 5.91 Å². The first kappa shape index (κ1) is 23.1. The Morgan fingerprint density at radius 3 is 2.15 bits per heavy atom. The maximum absolute atomic E-state index is 12.5. The molecule has 1 atom stereocenters. The standard InChI is InChI=1S/C20H26N2O3S.ClH/c1-15(2)12-18(13-21)22-20(23)17-8-10-19(11-9-17)26(24,25)14-16-6-4-3-5-7-16;/h3-11,15,18H,12-14,21H2,1-2H3,(H,22,23);1H. The maximum atomic E-state index is 12.5. The molecule has 0 aromatic heterocycles. The third-order valence-electron chi connectivity index (χ3n) is 4.05. The number of rotatable bonds is 8. The summed E-state index contributed by atoms with van der Waals surface area (Å²) in [6.45, 7) is 4.51. The van der Waals surface area contributed by atoms with E-state index < -0.39 is 9.84 Å². The molecule has 0 aliphatic carbocycles. The lowest BCUT2D eigenvalue weighted by Gasteiger charge is -2.18. The predicted molar refractivity (Wildman–Crippen MR) is 111 cm³/mol. The monoisotopic (exact) mass is 410 g/mol. The molecule has 5 nitrogen and oxygen atoms in total. The molecular formula is C20H27ClN2O3S. The van der Waals surface area contributed by atoms with Crippen molar-refractivity contribution in [3.63, 3.8) is 0 Å². The number of hydrogen-bond acceptors (Lipinski definition) is 4. The number of benzene rings is 2. The quantitative estimate of drug-likeness (QED) is 0.699. The Bertz CT molecular complexity index is 822. The summed E-state index contributed by atoms with van der Waals surface area (Å²) in [5.74, 6) is 0.116. The van der Waals surface area contributed by atoms with Crippen molar-refractivity contribution >= 4 is 28.2 Å². The van der Waals surface area contributed by atoms with Crippen LogP contribution >= 0.6 is 12.4 Å². The fourth-order valence-corrected chi connectivity index (χ4v) is 4.09. The molecule has 0 bridgehead atoms. The van der Waals surface area contributed by atoms with E-state index in [1.165, 1.54) is 24.3 Å². The largest absolute Gasteiger partial charge is 0.348 e. The molecule has 1 amide bonds. The van der Waals surface area contributed by atoms with Crippen LogP contribution in [0, 0.1) is 5.92 Å². The third kappa shape index (κ3) is 6.97. The van der Waals surface area contributed by atoms with E-state index in [1.807, 2.05) is 18.2 Å². The van der Waals surface area contributed by atoms with E-state index in [4.69, 9.17) is 5.73 Å². The van der Waals surface area contributed by atoms with Crippen LogP contribution in [0.4, 0.5) is 0 Å². The van der Waals surface area contributed by atoms with Gasteiger partial charge in [-0.25, -0.2) is 8.42 Å². The molecule has 3 N–H and O–H groups in total. The Morgan fingerprint density at radius 1 is 1.04 bits per heavy atom. The van der Waals surface area contributed by atoms with Crippen molar-refractivity contribution in [2.24, 2.45) is 11.7 Å². The first-order valence-electron chi connectivity index (χ1n) is 8.69. The van der Waals surface area contributed by atoms with Crippen LogP contribution in [0.1, 0.15) is 36.2 Å². The highest BCUT2D eigenvalue weighted by molar-refractivity contribution is 7.90. The highest BCUT2D eigenvalue weighted by Gasteiger charge is 2.17. The van der Waals surface area contributed by atoms with Crippen molar-refractivity contribution in [2.75, 3.05) is 6.54 Å². The minimum absolute atomic E-state index is 0. The van der Waals surface area contributed by atoms with Gasteiger partial charge in [-0.15, -0.1) is 12.4 Å². The van der Waals surface area contributed by atoms with Crippen LogP contribution in [0.15, 0.2) is 59.5 Å². The zero-order valence-electron chi connectivity index (χ0n) is 15.6. The van der Waals surface area contributed by atoms with E-state index in [2.05, 4.69) is 19.2 Å². The van der Waals surface area contributed by atoms with Crippen LogP contribution in [0.3, 0.4) is 0 Å². The maximum Gasteiger partial charge on any atom is 0.251 e. The molecular weight excluding hydrogens is 384 g/mol. The summed E-state index contributed by atoms with van der Waals surface area (Å²) in [4.78, 5) is 12.5. The van der Waals surface area contributed by atoms with Crippen LogP contribution < -0.4 is 11.1 Å². The molecule has 0 saturated heterocycles. The number of sulfone groups is 1. The van der Waals surface area contributed by atoms with Gasteiger partial charge in [-0.1, -0.05) is 44.2 Å². The van der Waals surface area contributed by atoms with Gasteiger partial charge in [-0.05, 0) is 42.2 Å². The summed E-state index contributed by atoms with van der Waals surface area (Å²) in [5, 5.41) is 2.90. The van der Waals surface area contributed by atoms with Gasteiger partial charge in [0.2, 0.25) is 0 Å². The van der Waals surface area contributed by atoms with Crippen molar-refractivity contribution < 1.29 is 13.2 Å². The second kappa shape index (κ2) is 10.4. The molecule has 0 fully saturated rings. The van der Waals surface area contributed by atoms with Gasteiger partial charge in [-0.2, -0.15) is 0 Å². The predicted octanol–water partition coefficient (Wildman–Crippen LogP) is 3.19. The van der Waals surface area contributed by atoms with Gasteiger partial charge >= 0.3 is 0 Å².